The van der Waals surface area contributed by atoms with Crippen LogP contribution in [0.3, 0.4) is 0 Å². The van der Waals surface area contributed by atoms with Crippen LogP contribution >= 0.6 is 0 Å². The molecular weight excluding hydrogens is 305 g/mol. The van der Waals surface area contributed by atoms with E-state index in [1.54, 1.807) is 0 Å². The number of carbonyl (C=O) groups excluding carboxylic acids is 1. The van der Waals surface area contributed by atoms with Crippen molar-refractivity contribution >= 4 is 5.91 Å². The number of likely N-dealkylation sites (tertiary alicyclic amines) is 1. The maximum absolute atomic E-state index is 12.5. The Morgan fingerprint density at radius 1 is 1.09 bits per heavy atom. The predicted molar refractivity (Wildman–Crippen MR) is 80.6 cm³/mol. The molecule has 1 aliphatic heterocycles. The van der Waals surface area contributed by atoms with Crippen molar-refractivity contribution in [2.24, 2.45) is 5.92 Å². The molecule has 1 heterocycles. The number of nitrogens with one attached hydrogen (secondary N) is 1. The average Bonchev–Trinajstić information content (AvgIpc) is 3.31. The summed E-state index contributed by atoms with van der Waals surface area (Å²) in [7, 11) is 0. The topological polar surface area (TPSA) is 32.3 Å². The highest BCUT2D eigenvalue weighted by Crippen LogP contribution is 2.29. The van der Waals surface area contributed by atoms with Crippen molar-refractivity contribution < 1.29 is 18.0 Å². The van der Waals surface area contributed by atoms with Gasteiger partial charge < -0.3 is 5.32 Å². The van der Waals surface area contributed by atoms with Crippen molar-refractivity contribution in [2.45, 2.75) is 44.4 Å². The van der Waals surface area contributed by atoms with Gasteiger partial charge in [-0.1, -0.05) is 12.1 Å². The minimum atomic E-state index is -4.29. The van der Waals surface area contributed by atoms with Gasteiger partial charge in [0, 0.05) is 18.5 Å². The summed E-state index contributed by atoms with van der Waals surface area (Å²) >= 11 is 0. The molecule has 1 aromatic carbocycles. The zero-order valence-electron chi connectivity index (χ0n) is 12.9. The summed E-state index contributed by atoms with van der Waals surface area (Å²) < 4.78 is 37.6. The van der Waals surface area contributed by atoms with E-state index in [1.165, 1.54) is 12.1 Å². The van der Waals surface area contributed by atoms with E-state index in [0.29, 0.717) is 12.6 Å². The fourth-order valence-electron chi connectivity index (χ4n) is 2.96. The normalized spacial score (nSPS) is 20.5. The first kappa shape index (κ1) is 16.3. The zero-order chi connectivity index (χ0) is 16.4. The van der Waals surface area contributed by atoms with Crippen LogP contribution in [0.2, 0.25) is 0 Å². The summed E-state index contributed by atoms with van der Waals surface area (Å²) in [6.07, 6.45) is -0.457. The van der Waals surface area contributed by atoms with Crippen LogP contribution in [0.25, 0.3) is 0 Å². The van der Waals surface area contributed by atoms with Crippen molar-refractivity contribution in [1.82, 2.24) is 10.2 Å². The third-order valence-corrected chi connectivity index (χ3v) is 4.57. The Hall–Kier alpha value is -1.56. The van der Waals surface area contributed by atoms with E-state index in [9.17, 15) is 18.0 Å². The molecular formula is C17H21F3N2O. The molecule has 1 amide bonds. The SMILES string of the molecule is O=C(NC1CC1)C1CCN(Cc2ccc(C(F)(F)F)cc2)CC1. The van der Waals surface area contributed by atoms with Crippen molar-refractivity contribution in [2.75, 3.05) is 13.1 Å². The third kappa shape index (κ3) is 4.47. The highest BCUT2D eigenvalue weighted by Gasteiger charge is 2.31. The molecule has 1 aliphatic carbocycles. The Labute approximate surface area is 133 Å². The Kier molecular flexibility index (Phi) is 4.62. The van der Waals surface area contributed by atoms with E-state index in [0.717, 1.165) is 56.5 Å². The molecule has 3 nitrogen and oxygen atoms in total. The number of halogens is 3. The Morgan fingerprint density at radius 2 is 1.70 bits per heavy atom. The first-order chi connectivity index (χ1) is 10.9. The van der Waals surface area contributed by atoms with Crippen LogP contribution in [0.1, 0.15) is 36.8 Å². The molecule has 2 aliphatic rings. The number of amides is 1. The van der Waals surface area contributed by atoms with E-state index in [4.69, 9.17) is 0 Å². The van der Waals surface area contributed by atoms with Gasteiger partial charge in [0.1, 0.15) is 0 Å². The lowest BCUT2D eigenvalue weighted by molar-refractivity contribution is -0.137. The number of carbonyl (C=O) groups is 1. The minimum absolute atomic E-state index is 0.0828. The van der Waals surface area contributed by atoms with E-state index in [1.807, 2.05) is 0 Å². The van der Waals surface area contributed by atoms with Crippen molar-refractivity contribution in [3.05, 3.63) is 35.4 Å². The quantitative estimate of drug-likeness (QED) is 0.921. The van der Waals surface area contributed by atoms with Gasteiger partial charge in [0.25, 0.3) is 0 Å². The maximum Gasteiger partial charge on any atom is 0.416 e. The lowest BCUT2D eigenvalue weighted by atomic mass is 9.95. The highest BCUT2D eigenvalue weighted by atomic mass is 19.4. The molecule has 1 aromatic rings. The van der Waals surface area contributed by atoms with Crippen LogP contribution in [-0.2, 0) is 17.5 Å². The third-order valence-electron chi connectivity index (χ3n) is 4.57. The molecule has 0 radical (unpaired) electrons. The predicted octanol–water partition coefficient (Wildman–Crippen LogP) is 3.20. The van der Waals surface area contributed by atoms with Crippen molar-refractivity contribution in [1.29, 1.82) is 0 Å². The standard InChI is InChI=1S/C17H21F3N2O/c18-17(19,20)14-3-1-12(2-4-14)11-22-9-7-13(8-10-22)16(23)21-15-5-6-15/h1-4,13,15H,5-11H2,(H,21,23). The zero-order valence-corrected chi connectivity index (χ0v) is 12.9. The average molecular weight is 326 g/mol. The van der Waals surface area contributed by atoms with E-state index in [-0.39, 0.29) is 11.8 Å². The van der Waals surface area contributed by atoms with E-state index in [2.05, 4.69) is 10.2 Å². The summed E-state index contributed by atoms with van der Waals surface area (Å²) in [6, 6.07) is 5.73. The number of hydrogen-bond acceptors (Lipinski definition) is 2. The number of benzene rings is 1. The lowest BCUT2D eigenvalue weighted by Crippen LogP contribution is -2.40. The van der Waals surface area contributed by atoms with Gasteiger partial charge in [-0.2, -0.15) is 13.2 Å². The van der Waals surface area contributed by atoms with Crippen LogP contribution in [0.15, 0.2) is 24.3 Å². The first-order valence-electron chi connectivity index (χ1n) is 8.11. The van der Waals surface area contributed by atoms with Gasteiger partial charge in [-0.05, 0) is 56.5 Å². The number of nitrogens with zero attached hydrogens (tertiary/aromatic N) is 1. The molecule has 0 aromatic heterocycles. The Morgan fingerprint density at radius 3 is 2.22 bits per heavy atom. The van der Waals surface area contributed by atoms with E-state index >= 15 is 0 Å². The fourth-order valence-corrected chi connectivity index (χ4v) is 2.96. The number of hydrogen-bond donors (Lipinski definition) is 1. The van der Waals surface area contributed by atoms with Gasteiger partial charge in [-0.15, -0.1) is 0 Å². The highest BCUT2D eigenvalue weighted by molar-refractivity contribution is 5.79. The van der Waals surface area contributed by atoms with Gasteiger partial charge in [-0.3, -0.25) is 9.69 Å². The van der Waals surface area contributed by atoms with Crippen LogP contribution in [0, 0.1) is 5.92 Å². The van der Waals surface area contributed by atoms with Gasteiger partial charge in [0.2, 0.25) is 5.91 Å². The molecule has 126 valence electrons. The van der Waals surface area contributed by atoms with Crippen LogP contribution in [0.4, 0.5) is 13.2 Å². The largest absolute Gasteiger partial charge is 0.416 e. The van der Waals surface area contributed by atoms with Gasteiger partial charge in [0.15, 0.2) is 0 Å². The second kappa shape index (κ2) is 6.51. The summed E-state index contributed by atoms with van der Waals surface area (Å²) in [4.78, 5) is 14.2. The van der Waals surface area contributed by atoms with Crippen LogP contribution < -0.4 is 5.32 Å². The van der Waals surface area contributed by atoms with Crippen molar-refractivity contribution in [3.63, 3.8) is 0 Å². The molecule has 1 saturated carbocycles. The molecule has 2 fully saturated rings. The monoisotopic (exact) mass is 326 g/mol. The molecule has 0 atom stereocenters. The molecule has 1 saturated heterocycles. The minimum Gasteiger partial charge on any atom is -0.353 e. The summed E-state index contributed by atoms with van der Waals surface area (Å²) in [5, 5.41) is 3.04. The van der Waals surface area contributed by atoms with Crippen LogP contribution in [-0.4, -0.2) is 29.9 Å². The fraction of sp³-hybridized carbons (Fsp3) is 0.588. The molecule has 0 unspecified atom stereocenters. The van der Waals surface area contributed by atoms with Crippen LogP contribution in [0.5, 0.6) is 0 Å². The number of alkyl halides is 3. The van der Waals surface area contributed by atoms with Gasteiger partial charge >= 0.3 is 6.18 Å². The summed E-state index contributed by atoms with van der Waals surface area (Å²) in [5.74, 6) is 0.251. The van der Waals surface area contributed by atoms with Gasteiger partial charge in [-0.25, -0.2) is 0 Å². The Balaban J connectivity index is 1.47. The van der Waals surface area contributed by atoms with Gasteiger partial charge in [0.05, 0.1) is 5.56 Å². The maximum atomic E-state index is 12.5. The van der Waals surface area contributed by atoms with E-state index < -0.39 is 11.7 Å². The van der Waals surface area contributed by atoms with Crippen molar-refractivity contribution in [3.8, 4) is 0 Å². The first-order valence-corrected chi connectivity index (χ1v) is 8.11. The summed E-state index contributed by atoms with van der Waals surface area (Å²) in [6.45, 7) is 2.25. The second-order valence-corrected chi connectivity index (χ2v) is 6.53. The molecule has 23 heavy (non-hydrogen) atoms. The number of rotatable bonds is 4. The summed E-state index contributed by atoms with van der Waals surface area (Å²) in [5.41, 5.74) is 0.260. The molecule has 0 spiro atoms. The Bertz CT molecular complexity index is 544. The molecule has 0 bridgehead atoms. The smallest absolute Gasteiger partial charge is 0.353 e. The molecule has 1 N–H and O–H groups in total. The second-order valence-electron chi connectivity index (χ2n) is 6.53. The molecule has 6 heteroatoms. The molecule has 3 rings (SSSR count). The number of piperidine rings is 1. The lowest BCUT2D eigenvalue weighted by Gasteiger charge is -2.31.